The monoisotopic (exact) mass is 243 g/mol. The highest BCUT2D eigenvalue weighted by Crippen LogP contribution is 2.27. The molecule has 2 rings (SSSR count). The predicted molar refractivity (Wildman–Crippen MR) is 69.6 cm³/mol. The fourth-order valence-electron chi connectivity index (χ4n) is 1.89. The molecule has 1 amide bonds. The number of nitrogens with one attached hydrogen (secondary N) is 1. The van der Waals surface area contributed by atoms with E-state index in [4.69, 9.17) is 4.74 Å². The van der Waals surface area contributed by atoms with Crippen LogP contribution in [0, 0.1) is 0 Å². The van der Waals surface area contributed by atoms with E-state index in [0.717, 1.165) is 10.8 Å². The molecule has 0 fully saturated rings. The molecule has 0 aliphatic rings. The first-order valence-electron chi connectivity index (χ1n) is 5.51. The van der Waals surface area contributed by atoms with Gasteiger partial charge in [0.1, 0.15) is 0 Å². The zero-order valence-corrected chi connectivity index (χ0v) is 10.2. The number of methoxy groups -OCH3 is 1. The third kappa shape index (κ3) is 2.18. The maximum absolute atomic E-state index is 11.7. The van der Waals surface area contributed by atoms with Crippen LogP contribution in [-0.4, -0.2) is 19.0 Å². The lowest BCUT2D eigenvalue weighted by atomic mass is 10.0. The van der Waals surface area contributed by atoms with E-state index < -0.39 is 0 Å². The van der Waals surface area contributed by atoms with Crippen molar-refractivity contribution in [3.05, 3.63) is 42.0 Å². The molecule has 0 atom stereocenters. The highest BCUT2D eigenvalue weighted by Gasteiger charge is 2.12. The Morgan fingerprint density at radius 3 is 2.33 bits per heavy atom. The molecule has 0 saturated carbocycles. The quantitative estimate of drug-likeness (QED) is 0.825. The van der Waals surface area contributed by atoms with Crippen LogP contribution in [0.25, 0.3) is 10.8 Å². The van der Waals surface area contributed by atoms with E-state index in [0.29, 0.717) is 11.3 Å². The van der Waals surface area contributed by atoms with Crippen LogP contribution in [-0.2, 0) is 9.53 Å². The van der Waals surface area contributed by atoms with Crippen LogP contribution in [0.2, 0.25) is 0 Å². The van der Waals surface area contributed by atoms with Gasteiger partial charge in [-0.05, 0) is 17.5 Å². The van der Waals surface area contributed by atoms with E-state index >= 15 is 0 Å². The second-order valence-corrected chi connectivity index (χ2v) is 3.88. The average Bonchev–Trinajstić information content (AvgIpc) is 2.38. The zero-order chi connectivity index (χ0) is 13.1. The van der Waals surface area contributed by atoms with Gasteiger partial charge in [-0.1, -0.05) is 24.3 Å². The Morgan fingerprint density at radius 1 is 1.06 bits per heavy atom. The molecule has 4 nitrogen and oxygen atoms in total. The molecular formula is C14H13NO3. The number of hydrogen-bond acceptors (Lipinski definition) is 3. The van der Waals surface area contributed by atoms with E-state index in [2.05, 4.69) is 5.32 Å². The Hall–Kier alpha value is -2.36. The Balaban J connectivity index is 2.66. The Bertz CT molecular complexity index is 619. The topological polar surface area (TPSA) is 55.4 Å². The molecule has 0 heterocycles. The number of ether oxygens (including phenoxy) is 1. The number of amides is 1. The van der Waals surface area contributed by atoms with Gasteiger partial charge in [-0.25, -0.2) is 4.79 Å². The number of anilines is 1. The summed E-state index contributed by atoms with van der Waals surface area (Å²) < 4.78 is 4.74. The van der Waals surface area contributed by atoms with Crippen LogP contribution in [0.4, 0.5) is 5.69 Å². The van der Waals surface area contributed by atoms with Gasteiger partial charge in [-0.15, -0.1) is 0 Å². The lowest BCUT2D eigenvalue weighted by Gasteiger charge is -2.10. The number of carbonyl (C=O) groups is 2. The van der Waals surface area contributed by atoms with Crippen LogP contribution < -0.4 is 5.32 Å². The number of benzene rings is 2. The molecule has 0 unspecified atom stereocenters. The van der Waals surface area contributed by atoms with E-state index in [1.165, 1.54) is 14.0 Å². The smallest absolute Gasteiger partial charge is 0.338 e. The Kier molecular flexibility index (Phi) is 3.28. The van der Waals surface area contributed by atoms with Crippen LogP contribution in [0.15, 0.2) is 36.4 Å². The van der Waals surface area contributed by atoms with E-state index in [-0.39, 0.29) is 11.9 Å². The number of fused-ring (bicyclic) bond motifs is 1. The minimum Gasteiger partial charge on any atom is -0.465 e. The molecule has 4 heteroatoms. The molecule has 18 heavy (non-hydrogen) atoms. The maximum atomic E-state index is 11.7. The first-order valence-corrected chi connectivity index (χ1v) is 5.51. The molecule has 0 aromatic heterocycles. The molecule has 1 N–H and O–H groups in total. The SMILES string of the molecule is COC(=O)c1ccc(NC(C)=O)c2ccccc12. The molecule has 0 radical (unpaired) electrons. The summed E-state index contributed by atoms with van der Waals surface area (Å²) in [7, 11) is 1.35. The van der Waals surface area contributed by atoms with Crippen molar-refractivity contribution in [3.63, 3.8) is 0 Å². The molecule has 0 aliphatic carbocycles. The van der Waals surface area contributed by atoms with Crippen molar-refractivity contribution < 1.29 is 14.3 Å². The van der Waals surface area contributed by atoms with Gasteiger partial charge in [0.2, 0.25) is 5.91 Å². The van der Waals surface area contributed by atoms with Gasteiger partial charge in [-0.3, -0.25) is 4.79 Å². The van der Waals surface area contributed by atoms with Crippen LogP contribution >= 0.6 is 0 Å². The third-order valence-electron chi connectivity index (χ3n) is 2.64. The minimum atomic E-state index is -0.388. The highest BCUT2D eigenvalue weighted by atomic mass is 16.5. The van der Waals surface area contributed by atoms with E-state index in [1.54, 1.807) is 12.1 Å². The summed E-state index contributed by atoms with van der Waals surface area (Å²) >= 11 is 0. The van der Waals surface area contributed by atoms with Crippen molar-refractivity contribution in [2.45, 2.75) is 6.92 Å². The summed E-state index contributed by atoms with van der Waals surface area (Å²) in [4.78, 5) is 22.8. The van der Waals surface area contributed by atoms with E-state index in [9.17, 15) is 9.59 Å². The van der Waals surface area contributed by atoms with Gasteiger partial charge >= 0.3 is 5.97 Å². The Morgan fingerprint density at radius 2 is 1.72 bits per heavy atom. The number of hydrogen-bond donors (Lipinski definition) is 1. The third-order valence-corrected chi connectivity index (χ3v) is 2.64. The second kappa shape index (κ2) is 4.87. The number of rotatable bonds is 2. The van der Waals surface area contributed by atoms with Gasteiger partial charge in [0.15, 0.2) is 0 Å². The molecule has 2 aromatic rings. The molecular weight excluding hydrogens is 230 g/mol. The summed E-state index contributed by atoms with van der Waals surface area (Å²) in [6, 6.07) is 10.7. The van der Waals surface area contributed by atoms with Gasteiger partial charge in [0, 0.05) is 18.0 Å². The van der Waals surface area contributed by atoms with Crippen LogP contribution in [0.1, 0.15) is 17.3 Å². The van der Waals surface area contributed by atoms with Crippen molar-refractivity contribution in [1.29, 1.82) is 0 Å². The molecule has 0 aliphatic heterocycles. The summed E-state index contributed by atoms with van der Waals surface area (Å²) in [6.07, 6.45) is 0. The highest BCUT2D eigenvalue weighted by molar-refractivity contribution is 6.10. The maximum Gasteiger partial charge on any atom is 0.338 e. The fourth-order valence-corrected chi connectivity index (χ4v) is 1.89. The lowest BCUT2D eigenvalue weighted by molar-refractivity contribution is -0.114. The molecule has 0 bridgehead atoms. The largest absolute Gasteiger partial charge is 0.465 e. The summed E-state index contributed by atoms with van der Waals surface area (Å²) in [5.41, 5.74) is 1.17. The molecule has 2 aromatic carbocycles. The molecule has 92 valence electrons. The van der Waals surface area contributed by atoms with Gasteiger partial charge in [0.25, 0.3) is 0 Å². The standard InChI is InChI=1S/C14H13NO3/c1-9(16)15-13-8-7-12(14(17)18-2)10-5-3-4-6-11(10)13/h3-8H,1-2H3,(H,15,16). The first kappa shape index (κ1) is 12.1. The summed E-state index contributed by atoms with van der Waals surface area (Å²) in [5.74, 6) is -0.536. The zero-order valence-electron chi connectivity index (χ0n) is 10.2. The van der Waals surface area contributed by atoms with Gasteiger partial charge < -0.3 is 10.1 Å². The van der Waals surface area contributed by atoms with Crippen molar-refractivity contribution in [2.75, 3.05) is 12.4 Å². The number of esters is 1. The minimum absolute atomic E-state index is 0.147. The number of carbonyl (C=O) groups excluding carboxylic acids is 2. The summed E-state index contributed by atoms with van der Waals surface area (Å²) in [5, 5.41) is 4.32. The van der Waals surface area contributed by atoms with Gasteiger partial charge in [0.05, 0.1) is 12.7 Å². The molecule has 0 spiro atoms. The van der Waals surface area contributed by atoms with Crippen LogP contribution in [0.5, 0.6) is 0 Å². The van der Waals surface area contributed by atoms with Crippen molar-refractivity contribution in [1.82, 2.24) is 0 Å². The molecule has 0 saturated heterocycles. The predicted octanol–water partition coefficient (Wildman–Crippen LogP) is 2.58. The van der Waals surface area contributed by atoms with Crippen molar-refractivity contribution in [2.24, 2.45) is 0 Å². The average molecular weight is 243 g/mol. The summed E-state index contributed by atoms with van der Waals surface area (Å²) in [6.45, 7) is 1.45. The van der Waals surface area contributed by atoms with Gasteiger partial charge in [-0.2, -0.15) is 0 Å². The first-order chi connectivity index (χ1) is 8.63. The van der Waals surface area contributed by atoms with E-state index in [1.807, 2.05) is 24.3 Å². The normalized spacial score (nSPS) is 10.1. The lowest BCUT2D eigenvalue weighted by Crippen LogP contribution is -2.08. The second-order valence-electron chi connectivity index (χ2n) is 3.88. The Labute approximate surface area is 105 Å². The van der Waals surface area contributed by atoms with Crippen LogP contribution in [0.3, 0.4) is 0 Å². The fraction of sp³-hybridized carbons (Fsp3) is 0.143. The van der Waals surface area contributed by atoms with Crippen molar-refractivity contribution in [3.8, 4) is 0 Å². The van der Waals surface area contributed by atoms with Crippen molar-refractivity contribution >= 4 is 28.3 Å².